The third-order valence-corrected chi connectivity index (χ3v) is 4.50. The van der Waals surface area contributed by atoms with Crippen molar-refractivity contribution in [3.8, 4) is 5.75 Å². The van der Waals surface area contributed by atoms with Gasteiger partial charge in [0.25, 0.3) is 0 Å². The van der Waals surface area contributed by atoms with Gasteiger partial charge in [-0.2, -0.15) is 0 Å². The van der Waals surface area contributed by atoms with E-state index in [4.69, 9.17) is 16.3 Å². The number of ether oxygens (including phenoxy) is 1. The summed E-state index contributed by atoms with van der Waals surface area (Å²) in [5.41, 5.74) is 3.00. The SMILES string of the molecule is O=C1CCCc2ccc(COc3cc(Cl)ccc3Br)cc21. The van der Waals surface area contributed by atoms with E-state index in [1.165, 1.54) is 0 Å². The van der Waals surface area contributed by atoms with Gasteiger partial charge in [-0.1, -0.05) is 23.7 Å². The molecule has 2 aromatic carbocycles. The van der Waals surface area contributed by atoms with Crippen molar-refractivity contribution in [2.75, 3.05) is 0 Å². The van der Waals surface area contributed by atoms with Crippen LogP contribution in [0, 0.1) is 0 Å². The molecule has 3 rings (SSSR count). The lowest BCUT2D eigenvalue weighted by Crippen LogP contribution is -2.11. The van der Waals surface area contributed by atoms with Crippen molar-refractivity contribution in [1.82, 2.24) is 0 Å². The second-order valence-electron chi connectivity index (χ2n) is 5.13. The molecule has 1 aliphatic carbocycles. The Bertz CT molecular complexity index is 697. The molecule has 2 nitrogen and oxygen atoms in total. The molecule has 0 N–H and O–H groups in total. The zero-order valence-electron chi connectivity index (χ0n) is 11.4. The number of halogens is 2. The summed E-state index contributed by atoms with van der Waals surface area (Å²) in [6.07, 6.45) is 2.59. The first kappa shape index (κ1) is 14.6. The van der Waals surface area contributed by atoms with Crippen molar-refractivity contribution in [3.63, 3.8) is 0 Å². The van der Waals surface area contributed by atoms with Gasteiger partial charge < -0.3 is 4.74 Å². The topological polar surface area (TPSA) is 26.3 Å². The fourth-order valence-corrected chi connectivity index (χ4v) is 3.04. The number of carbonyl (C=O) groups excluding carboxylic acids is 1. The van der Waals surface area contributed by atoms with Gasteiger partial charge in [-0.05, 0) is 64.2 Å². The highest BCUT2D eigenvalue weighted by Crippen LogP contribution is 2.29. The maximum atomic E-state index is 11.9. The lowest BCUT2D eigenvalue weighted by Gasteiger charge is -2.16. The Morgan fingerprint density at radius 1 is 1.14 bits per heavy atom. The summed E-state index contributed by atoms with van der Waals surface area (Å²) >= 11 is 9.40. The predicted octanol–water partition coefficient (Wildman–Crippen LogP) is 5.20. The third-order valence-electron chi connectivity index (χ3n) is 3.61. The maximum absolute atomic E-state index is 11.9. The molecule has 0 fully saturated rings. The van der Waals surface area contributed by atoms with Crippen molar-refractivity contribution in [1.29, 1.82) is 0 Å². The van der Waals surface area contributed by atoms with Gasteiger partial charge in [-0.3, -0.25) is 4.79 Å². The molecule has 108 valence electrons. The van der Waals surface area contributed by atoms with Crippen LogP contribution in [0.25, 0.3) is 0 Å². The summed E-state index contributed by atoms with van der Waals surface area (Å²) in [5.74, 6) is 0.939. The number of carbonyl (C=O) groups is 1. The first-order valence-corrected chi connectivity index (χ1v) is 8.03. The number of ketones is 1. The van der Waals surface area contributed by atoms with Crippen molar-refractivity contribution in [2.24, 2.45) is 0 Å². The standard InChI is InChI=1S/C17H14BrClO2/c18-15-7-6-13(19)9-17(15)21-10-11-4-5-12-2-1-3-16(20)14(12)8-11/h4-9H,1-3,10H2. The fourth-order valence-electron chi connectivity index (χ4n) is 2.51. The summed E-state index contributed by atoms with van der Waals surface area (Å²) in [6.45, 7) is 0.416. The Morgan fingerprint density at radius 2 is 2.00 bits per heavy atom. The number of benzene rings is 2. The van der Waals surface area contributed by atoms with E-state index in [1.54, 1.807) is 12.1 Å². The van der Waals surface area contributed by atoms with E-state index in [9.17, 15) is 4.79 Å². The highest BCUT2D eigenvalue weighted by Gasteiger charge is 2.17. The minimum Gasteiger partial charge on any atom is -0.488 e. The number of hydrogen-bond donors (Lipinski definition) is 0. The lowest BCUT2D eigenvalue weighted by molar-refractivity contribution is 0.0972. The second kappa shape index (κ2) is 6.20. The van der Waals surface area contributed by atoms with Gasteiger partial charge in [0.15, 0.2) is 5.78 Å². The third kappa shape index (κ3) is 3.30. The molecule has 0 heterocycles. The Labute approximate surface area is 137 Å². The highest BCUT2D eigenvalue weighted by atomic mass is 79.9. The van der Waals surface area contributed by atoms with Crippen LogP contribution in [0.2, 0.25) is 5.02 Å². The van der Waals surface area contributed by atoms with Crippen molar-refractivity contribution < 1.29 is 9.53 Å². The molecule has 0 spiro atoms. The van der Waals surface area contributed by atoms with Gasteiger partial charge in [0.2, 0.25) is 0 Å². The van der Waals surface area contributed by atoms with E-state index < -0.39 is 0 Å². The van der Waals surface area contributed by atoms with Crippen LogP contribution in [0.15, 0.2) is 40.9 Å². The zero-order chi connectivity index (χ0) is 14.8. The predicted molar refractivity (Wildman–Crippen MR) is 87.2 cm³/mol. The normalized spacial score (nSPS) is 13.9. The average Bonchev–Trinajstić information content (AvgIpc) is 2.49. The highest BCUT2D eigenvalue weighted by molar-refractivity contribution is 9.10. The van der Waals surface area contributed by atoms with Gasteiger partial charge in [-0.15, -0.1) is 0 Å². The van der Waals surface area contributed by atoms with Crippen LogP contribution in [-0.4, -0.2) is 5.78 Å². The molecule has 0 aromatic heterocycles. The van der Waals surface area contributed by atoms with Crippen molar-refractivity contribution >= 4 is 33.3 Å². The Morgan fingerprint density at radius 3 is 2.86 bits per heavy atom. The summed E-state index contributed by atoms with van der Waals surface area (Å²) < 4.78 is 6.65. The average molecular weight is 366 g/mol. The quantitative estimate of drug-likeness (QED) is 0.747. The van der Waals surface area contributed by atoms with Gasteiger partial charge in [0.05, 0.1) is 4.47 Å². The van der Waals surface area contributed by atoms with E-state index >= 15 is 0 Å². The van der Waals surface area contributed by atoms with Crippen LogP contribution < -0.4 is 4.74 Å². The fraction of sp³-hybridized carbons (Fsp3) is 0.235. The van der Waals surface area contributed by atoms with Gasteiger partial charge in [-0.25, -0.2) is 0 Å². The van der Waals surface area contributed by atoms with Crippen LogP contribution >= 0.6 is 27.5 Å². The van der Waals surface area contributed by atoms with E-state index in [1.807, 2.05) is 24.3 Å². The van der Waals surface area contributed by atoms with Crippen molar-refractivity contribution in [2.45, 2.75) is 25.9 Å². The van der Waals surface area contributed by atoms with Gasteiger partial charge in [0, 0.05) is 17.0 Å². The molecule has 0 unspecified atom stereocenters. The van der Waals surface area contributed by atoms with Crippen LogP contribution in [0.5, 0.6) is 5.75 Å². The molecule has 0 amide bonds. The van der Waals surface area contributed by atoms with E-state index in [2.05, 4.69) is 15.9 Å². The largest absolute Gasteiger partial charge is 0.488 e. The minimum atomic E-state index is 0.238. The summed E-state index contributed by atoms with van der Waals surface area (Å²) in [6, 6.07) is 11.4. The molecule has 1 aliphatic rings. The number of fused-ring (bicyclic) bond motifs is 1. The first-order chi connectivity index (χ1) is 10.1. The zero-order valence-corrected chi connectivity index (χ0v) is 13.7. The van der Waals surface area contributed by atoms with Gasteiger partial charge >= 0.3 is 0 Å². The van der Waals surface area contributed by atoms with Crippen LogP contribution in [0.1, 0.15) is 34.3 Å². The van der Waals surface area contributed by atoms with Crippen molar-refractivity contribution in [3.05, 3.63) is 62.6 Å². The van der Waals surface area contributed by atoms with Gasteiger partial charge in [0.1, 0.15) is 12.4 Å². The number of aryl methyl sites for hydroxylation is 1. The number of hydrogen-bond acceptors (Lipinski definition) is 2. The molecule has 0 bridgehead atoms. The summed E-state index contributed by atoms with van der Waals surface area (Å²) in [5, 5.41) is 0.633. The lowest BCUT2D eigenvalue weighted by atomic mass is 9.89. The second-order valence-corrected chi connectivity index (χ2v) is 6.42. The molecule has 0 saturated carbocycles. The molecule has 2 aromatic rings. The monoisotopic (exact) mass is 364 g/mol. The summed E-state index contributed by atoms with van der Waals surface area (Å²) in [4.78, 5) is 11.9. The van der Waals surface area contributed by atoms with Crippen LogP contribution in [0.4, 0.5) is 0 Å². The molecule has 4 heteroatoms. The number of Topliss-reactive ketones (excluding diaryl/α,β-unsaturated/α-hetero) is 1. The molecule has 0 atom stereocenters. The summed E-state index contributed by atoms with van der Waals surface area (Å²) in [7, 11) is 0. The number of rotatable bonds is 3. The Kier molecular flexibility index (Phi) is 4.32. The Balaban J connectivity index is 1.78. The molecule has 0 radical (unpaired) electrons. The Hall–Kier alpha value is -1.32. The smallest absolute Gasteiger partial charge is 0.163 e. The van der Waals surface area contributed by atoms with E-state index in [0.717, 1.165) is 34.0 Å². The first-order valence-electron chi connectivity index (χ1n) is 6.86. The molecule has 0 aliphatic heterocycles. The molecule has 21 heavy (non-hydrogen) atoms. The molecular weight excluding hydrogens is 352 g/mol. The minimum absolute atomic E-state index is 0.238. The molecule has 0 saturated heterocycles. The van der Waals surface area contributed by atoms with E-state index in [0.29, 0.717) is 23.8 Å². The van der Waals surface area contributed by atoms with Crippen LogP contribution in [-0.2, 0) is 13.0 Å². The van der Waals surface area contributed by atoms with Crippen LogP contribution in [0.3, 0.4) is 0 Å². The maximum Gasteiger partial charge on any atom is 0.163 e. The molecular formula is C17H14BrClO2. The van der Waals surface area contributed by atoms with E-state index in [-0.39, 0.29) is 5.78 Å².